The molecule has 0 saturated heterocycles. The average Bonchev–Trinajstić information content (AvgIpc) is 2.95. The Morgan fingerprint density at radius 1 is 1.22 bits per heavy atom. The summed E-state index contributed by atoms with van der Waals surface area (Å²) in [6.07, 6.45) is 1.92. The third-order valence-corrected chi connectivity index (χ3v) is 3.97. The summed E-state index contributed by atoms with van der Waals surface area (Å²) in [5.74, 6) is -0.304. The molecule has 1 aliphatic heterocycles. The van der Waals surface area contributed by atoms with Gasteiger partial charge in [-0.05, 0) is 54.4 Å². The molecule has 1 heterocycles. The zero-order chi connectivity index (χ0) is 16.2. The number of fused-ring (bicyclic) bond motifs is 1. The quantitative estimate of drug-likeness (QED) is 0.863. The van der Waals surface area contributed by atoms with Crippen LogP contribution >= 0.6 is 0 Å². The molecule has 1 aliphatic rings. The minimum Gasteiger partial charge on any atom is -0.370 e. The van der Waals surface area contributed by atoms with Gasteiger partial charge in [0, 0.05) is 36.4 Å². The molecule has 0 aromatic heterocycles. The number of hydrogen-bond donors (Lipinski definition) is 1. The van der Waals surface area contributed by atoms with Gasteiger partial charge < -0.3 is 10.2 Å². The van der Waals surface area contributed by atoms with Gasteiger partial charge in [-0.3, -0.25) is 9.59 Å². The first-order valence-corrected chi connectivity index (χ1v) is 7.54. The Labute approximate surface area is 133 Å². The van der Waals surface area contributed by atoms with E-state index in [1.807, 2.05) is 0 Å². The Kier molecular flexibility index (Phi) is 4.37. The molecule has 118 valence electrons. The Bertz CT molecular complexity index is 728. The van der Waals surface area contributed by atoms with Crippen molar-refractivity contribution in [3.05, 3.63) is 59.4 Å². The number of benzene rings is 2. The number of hydrogen-bond acceptors (Lipinski definition) is 3. The Morgan fingerprint density at radius 3 is 2.74 bits per heavy atom. The van der Waals surface area contributed by atoms with E-state index >= 15 is 0 Å². The lowest BCUT2D eigenvalue weighted by molar-refractivity contribution is -0.116. The fourth-order valence-corrected chi connectivity index (χ4v) is 2.78. The van der Waals surface area contributed by atoms with E-state index in [1.165, 1.54) is 6.07 Å². The lowest BCUT2D eigenvalue weighted by atomic mass is 10.1. The van der Waals surface area contributed by atoms with E-state index in [0.717, 1.165) is 30.5 Å². The molecular formula is C18H17FN2O2. The van der Waals surface area contributed by atoms with Crippen molar-refractivity contribution in [1.82, 2.24) is 0 Å². The maximum atomic E-state index is 13.2. The van der Waals surface area contributed by atoms with Crippen LogP contribution in [-0.2, 0) is 11.2 Å². The fraction of sp³-hybridized carbons (Fsp3) is 0.222. The molecule has 5 heteroatoms. The maximum Gasteiger partial charge on any atom is 0.226 e. The first kappa shape index (κ1) is 15.2. The molecule has 0 bridgehead atoms. The van der Waals surface area contributed by atoms with Crippen LogP contribution < -0.4 is 10.2 Å². The number of anilines is 2. The molecule has 0 saturated carbocycles. The van der Waals surface area contributed by atoms with Gasteiger partial charge in [0.05, 0.1) is 0 Å². The van der Waals surface area contributed by atoms with Gasteiger partial charge in [0.25, 0.3) is 0 Å². The second kappa shape index (κ2) is 6.60. The minimum atomic E-state index is -0.220. The van der Waals surface area contributed by atoms with E-state index in [4.69, 9.17) is 0 Å². The van der Waals surface area contributed by atoms with Gasteiger partial charge in [-0.2, -0.15) is 0 Å². The maximum absolute atomic E-state index is 13.2. The van der Waals surface area contributed by atoms with Crippen LogP contribution in [0.4, 0.5) is 15.8 Å². The number of amides is 1. The van der Waals surface area contributed by atoms with E-state index in [0.29, 0.717) is 24.2 Å². The number of rotatable bonds is 5. The van der Waals surface area contributed by atoms with Crippen molar-refractivity contribution in [1.29, 1.82) is 0 Å². The van der Waals surface area contributed by atoms with E-state index in [1.54, 1.807) is 36.4 Å². The normalized spacial score (nSPS) is 12.8. The van der Waals surface area contributed by atoms with E-state index in [-0.39, 0.29) is 11.7 Å². The topological polar surface area (TPSA) is 49.4 Å². The molecule has 3 rings (SSSR count). The van der Waals surface area contributed by atoms with E-state index in [9.17, 15) is 14.0 Å². The van der Waals surface area contributed by atoms with E-state index < -0.39 is 0 Å². The summed E-state index contributed by atoms with van der Waals surface area (Å²) in [7, 11) is 0. The number of nitrogens with one attached hydrogen (secondary N) is 1. The van der Waals surface area contributed by atoms with Crippen molar-refractivity contribution in [2.45, 2.75) is 12.8 Å². The van der Waals surface area contributed by atoms with Crippen molar-refractivity contribution in [2.24, 2.45) is 0 Å². The monoisotopic (exact) mass is 312 g/mol. The lowest BCUT2D eigenvalue weighted by Crippen LogP contribution is -2.26. The zero-order valence-corrected chi connectivity index (χ0v) is 12.6. The van der Waals surface area contributed by atoms with Crippen LogP contribution in [0.25, 0.3) is 0 Å². The third kappa shape index (κ3) is 3.56. The van der Waals surface area contributed by atoms with Gasteiger partial charge in [0.2, 0.25) is 5.91 Å². The van der Waals surface area contributed by atoms with Crippen LogP contribution in [-0.4, -0.2) is 25.3 Å². The van der Waals surface area contributed by atoms with Gasteiger partial charge in [0.1, 0.15) is 12.1 Å². The van der Waals surface area contributed by atoms with Gasteiger partial charge >= 0.3 is 0 Å². The molecule has 0 aliphatic carbocycles. The standard InChI is InChI=1S/C18H17FN2O2/c19-15-3-6-17-14(11-15)7-9-21(17)10-8-18(23)20-16-4-1-13(12-22)2-5-16/h1-6,11-12H,7-10H2,(H,20,23). The van der Waals surface area contributed by atoms with Gasteiger partial charge in [-0.1, -0.05) is 0 Å². The SMILES string of the molecule is O=Cc1ccc(NC(=O)CCN2CCc3cc(F)ccc32)cc1. The molecule has 0 atom stereocenters. The summed E-state index contributed by atoms with van der Waals surface area (Å²) in [5, 5.41) is 2.81. The minimum absolute atomic E-state index is 0.0839. The Hall–Kier alpha value is -2.69. The summed E-state index contributed by atoms with van der Waals surface area (Å²) in [6.45, 7) is 1.40. The Balaban J connectivity index is 1.54. The van der Waals surface area contributed by atoms with Crippen LogP contribution in [0.3, 0.4) is 0 Å². The molecule has 1 N–H and O–H groups in total. The molecule has 2 aromatic carbocycles. The highest BCUT2D eigenvalue weighted by Gasteiger charge is 2.19. The molecule has 23 heavy (non-hydrogen) atoms. The van der Waals surface area contributed by atoms with Crippen molar-refractivity contribution in [3.63, 3.8) is 0 Å². The molecule has 1 amide bonds. The number of carbonyl (C=O) groups excluding carboxylic acids is 2. The highest BCUT2D eigenvalue weighted by molar-refractivity contribution is 5.91. The largest absolute Gasteiger partial charge is 0.370 e. The first-order valence-electron chi connectivity index (χ1n) is 7.54. The average molecular weight is 312 g/mol. The van der Waals surface area contributed by atoms with Gasteiger partial charge in [-0.15, -0.1) is 0 Å². The number of carbonyl (C=O) groups is 2. The number of halogens is 1. The first-order chi connectivity index (χ1) is 11.2. The predicted molar refractivity (Wildman–Crippen MR) is 87.4 cm³/mol. The van der Waals surface area contributed by atoms with Crippen molar-refractivity contribution in [2.75, 3.05) is 23.3 Å². The van der Waals surface area contributed by atoms with Crippen LogP contribution in [0.15, 0.2) is 42.5 Å². The van der Waals surface area contributed by atoms with Crippen molar-refractivity contribution in [3.8, 4) is 0 Å². The predicted octanol–water partition coefficient (Wildman–Crippen LogP) is 3.03. The van der Waals surface area contributed by atoms with Crippen molar-refractivity contribution >= 4 is 23.6 Å². The van der Waals surface area contributed by atoms with Crippen LogP contribution in [0.1, 0.15) is 22.3 Å². The number of aldehydes is 1. The summed E-state index contributed by atoms with van der Waals surface area (Å²) in [4.78, 5) is 24.7. The van der Waals surface area contributed by atoms with Crippen LogP contribution in [0, 0.1) is 5.82 Å². The Morgan fingerprint density at radius 2 is 2.00 bits per heavy atom. The molecule has 0 fully saturated rings. The van der Waals surface area contributed by atoms with Crippen molar-refractivity contribution < 1.29 is 14.0 Å². The van der Waals surface area contributed by atoms with Gasteiger partial charge in [-0.25, -0.2) is 4.39 Å². The van der Waals surface area contributed by atoms with Crippen LogP contribution in [0.2, 0.25) is 0 Å². The highest BCUT2D eigenvalue weighted by atomic mass is 19.1. The highest BCUT2D eigenvalue weighted by Crippen LogP contribution is 2.28. The summed E-state index contributed by atoms with van der Waals surface area (Å²) >= 11 is 0. The number of nitrogens with zero attached hydrogens (tertiary/aromatic N) is 1. The zero-order valence-electron chi connectivity index (χ0n) is 12.6. The molecule has 2 aromatic rings. The molecule has 0 spiro atoms. The molecular weight excluding hydrogens is 295 g/mol. The van der Waals surface area contributed by atoms with Gasteiger partial charge in [0.15, 0.2) is 0 Å². The molecule has 0 unspecified atom stereocenters. The molecule has 4 nitrogen and oxygen atoms in total. The van der Waals surface area contributed by atoms with Crippen LogP contribution in [0.5, 0.6) is 0 Å². The van der Waals surface area contributed by atoms with E-state index in [2.05, 4.69) is 10.2 Å². The second-order valence-electron chi connectivity index (χ2n) is 5.55. The fourth-order valence-electron chi connectivity index (χ4n) is 2.78. The summed E-state index contributed by atoms with van der Waals surface area (Å²) < 4.78 is 13.2. The third-order valence-electron chi connectivity index (χ3n) is 3.97. The second-order valence-corrected chi connectivity index (χ2v) is 5.55. The summed E-state index contributed by atoms with van der Waals surface area (Å²) in [5.41, 5.74) is 3.25. The molecule has 0 radical (unpaired) electrons. The smallest absolute Gasteiger partial charge is 0.226 e. The summed E-state index contributed by atoms with van der Waals surface area (Å²) in [6, 6.07) is 11.5. The lowest BCUT2D eigenvalue weighted by Gasteiger charge is -2.19.